The summed E-state index contributed by atoms with van der Waals surface area (Å²) in [7, 11) is 5.71. The number of hydrogen-bond acceptors (Lipinski definition) is 9. The van der Waals surface area contributed by atoms with E-state index in [4.69, 9.17) is 9.47 Å². The van der Waals surface area contributed by atoms with Crippen molar-refractivity contribution in [3.63, 3.8) is 0 Å². The van der Waals surface area contributed by atoms with Crippen molar-refractivity contribution in [1.82, 2.24) is 30.2 Å². The van der Waals surface area contributed by atoms with Gasteiger partial charge in [0.15, 0.2) is 0 Å². The number of carboxylic acids is 1. The second-order valence-corrected chi connectivity index (χ2v) is 18.0. The zero-order chi connectivity index (χ0) is 47.8. The van der Waals surface area contributed by atoms with E-state index < -0.39 is 95.8 Å². The third kappa shape index (κ3) is 16.9. The maximum Gasteiger partial charge on any atom is 0.410 e. The van der Waals surface area contributed by atoms with E-state index in [2.05, 4.69) is 10.6 Å². The third-order valence-corrected chi connectivity index (χ3v) is 10.9. The van der Waals surface area contributed by atoms with Crippen LogP contribution in [0.1, 0.15) is 86.3 Å². The number of likely N-dealkylation sites (N-methyl/N-ethyl adjacent to an activating group) is 4. The number of rotatable bonds is 23. The number of carboxylic acid groups (broad SMARTS) is 1. The van der Waals surface area contributed by atoms with Crippen LogP contribution in [0.5, 0.6) is 0 Å². The average molecular weight is 881 g/mol. The predicted octanol–water partition coefficient (Wildman–Crippen LogP) is 4.60. The van der Waals surface area contributed by atoms with Crippen molar-refractivity contribution in [1.29, 1.82) is 0 Å². The molecule has 0 aliphatic heterocycles. The zero-order valence-electron chi connectivity index (χ0n) is 39.5. The lowest BCUT2D eigenvalue weighted by Crippen LogP contribution is -2.60. The Bertz CT molecular complexity index is 1820. The highest BCUT2D eigenvalue weighted by Crippen LogP contribution is 2.19. The highest BCUT2D eigenvalue weighted by atomic mass is 16.6. The van der Waals surface area contributed by atoms with Crippen molar-refractivity contribution in [3.05, 3.63) is 71.8 Å². The molecule has 16 nitrogen and oxygen atoms in total. The number of ether oxygens (including phenoxy) is 2. The Hall–Kier alpha value is -5.51. The molecule has 0 bridgehead atoms. The SMILES string of the molecule is CC[C@H](C)[C@@H](C(=O)N[C@@H](COC(C)(C)C)C(=O)N(C)[C@@H](Cc1ccccc1)C(=O)O)N(C)C(=O)CN(C)C(=O)[C@@H](NC(=O)[C@H](CC(C)C)N(C)C(=O)OCc1ccccc1)C(C)C. The van der Waals surface area contributed by atoms with Crippen LogP contribution in [0.15, 0.2) is 60.7 Å². The quantitative estimate of drug-likeness (QED) is 0.142. The van der Waals surface area contributed by atoms with Gasteiger partial charge in [0, 0.05) is 34.6 Å². The van der Waals surface area contributed by atoms with E-state index in [1.54, 1.807) is 71.9 Å². The normalized spacial score (nSPS) is 14.3. The number of amides is 6. The van der Waals surface area contributed by atoms with Crippen molar-refractivity contribution in [2.45, 2.75) is 124 Å². The number of aliphatic carboxylic acids is 1. The molecular formula is C47H72N6O10. The Morgan fingerprint density at radius 1 is 0.714 bits per heavy atom. The van der Waals surface area contributed by atoms with E-state index in [9.17, 15) is 38.7 Å². The second-order valence-electron chi connectivity index (χ2n) is 18.0. The van der Waals surface area contributed by atoms with Crippen LogP contribution >= 0.6 is 0 Å². The van der Waals surface area contributed by atoms with Gasteiger partial charge in [-0.1, -0.05) is 109 Å². The number of hydrogen-bond donors (Lipinski definition) is 3. The zero-order valence-corrected chi connectivity index (χ0v) is 39.5. The first kappa shape index (κ1) is 53.6. The molecule has 0 aliphatic carbocycles. The molecule has 0 saturated heterocycles. The second kappa shape index (κ2) is 25.0. The summed E-state index contributed by atoms with van der Waals surface area (Å²) in [5, 5.41) is 15.7. The molecule has 0 aliphatic rings. The van der Waals surface area contributed by atoms with Gasteiger partial charge in [0.25, 0.3) is 0 Å². The molecule has 0 heterocycles. The first-order valence-electron chi connectivity index (χ1n) is 21.6. The molecule has 2 aromatic rings. The van der Waals surface area contributed by atoms with Crippen molar-refractivity contribution < 1.29 is 48.1 Å². The Morgan fingerprint density at radius 2 is 1.27 bits per heavy atom. The highest BCUT2D eigenvalue weighted by molar-refractivity contribution is 5.95. The van der Waals surface area contributed by atoms with E-state index in [-0.39, 0.29) is 25.6 Å². The summed E-state index contributed by atoms with van der Waals surface area (Å²) in [5.74, 6) is -5.10. The van der Waals surface area contributed by atoms with Gasteiger partial charge >= 0.3 is 12.1 Å². The molecule has 0 radical (unpaired) electrons. The summed E-state index contributed by atoms with van der Waals surface area (Å²) in [6, 6.07) is 12.3. The molecule has 63 heavy (non-hydrogen) atoms. The smallest absolute Gasteiger partial charge is 0.410 e. The Balaban J connectivity index is 2.28. The Labute approximate surface area is 374 Å². The molecule has 2 aromatic carbocycles. The lowest BCUT2D eigenvalue weighted by Gasteiger charge is -2.36. The molecule has 6 amide bonds. The van der Waals surface area contributed by atoms with Gasteiger partial charge < -0.3 is 39.9 Å². The molecule has 3 N–H and O–H groups in total. The van der Waals surface area contributed by atoms with Gasteiger partial charge in [0.2, 0.25) is 29.5 Å². The third-order valence-electron chi connectivity index (χ3n) is 10.9. The van der Waals surface area contributed by atoms with Gasteiger partial charge in [0.05, 0.1) is 18.8 Å². The fourth-order valence-electron chi connectivity index (χ4n) is 6.81. The molecule has 0 saturated carbocycles. The van der Waals surface area contributed by atoms with Crippen LogP contribution in [0.4, 0.5) is 4.79 Å². The number of benzene rings is 2. The van der Waals surface area contributed by atoms with Crippen molar-refractivity contribution in [2.24, 2.45) is 17.8 Å². The minimum atomic E-state index is -1.31. The van der Waals surface area contributed by atoms with Crippen LogP contribution in [-0.4, -0.2) is 143 Å². The molecule has 6 atom stereocenters. The Kier molecular flexibility index (Phi) is 21.2. The molecular weight excluding hydrogens is 809 g/mol. The van der Waals surface area contributed by atoms with Gasteiger partial charge in [0.1, 0.15) is 36.8 Å². The standard InChI is InChI=1S/C47H72N6O10/c1-14-32(6)40(42(56)48-35(29-63-47(7,8)9)43(57)51(11)37(45(59)60)26-33-21-17-15-18-22-33)53(13)38(54)27-50(10)44(58)39(31(4)5)49-41(55)36(25-30(2)3)52(12)46(61)62-28-34-23-19-16-20-24-34/h15-24,30-32,35-37,39-40H,14,25-29H2,1-13H3,(H,48,56)(H,49,55)(H,59,60)/t32-,35-,36-,37-,39-,40-/m0/s1. The Morgan fingerprint density at radius 3 is 1.76 bits per heavy atom. The largest absolute Gasteiger partial charge is 0.480 e. The van der Waals surface area contributed by atoms with Crippen LogP contribution in [-0.2, 0) is 51.3 Å². The number of nitrogens with zero attached hydrogens (tertiary/aromatic N) is 4. The molecule has 0 aromatic heterocycles. The van der Waals surface area contributed by atoms with E-state index >= 15 is 0 Å². The summed E-state index contributed by atoms with van der Waals surface area (Å²) in [4.78, 5) is 100. The maximum absolute atomic E-state index is 14.2. The van der Waals surface area contributed by atoms with E-state index in [1.807, 2.05) is 51.1 Å². The maximum atomic E-state index is 14.2. The van der Waals surface area contributed by atoms with Gasteiger partial charge in [-0.25, -0.2) is 9.59 Å². The van der Waals surface area contributed by atoms with Gasteiger partial charge in [-0.05, 0) is 56.1 Å². The van der Waals surface area contributed by atoms with Gasteiger partial charge in [-0.3, -0.25) is 28.9 Å². The van der Waals surface area contributed by atoms with Crippen molar-refractivity contribution in [2.75, 3.05) is 41.3 Å². The topological polar surface area (TPSA) is 195 Å². The fourth-order valence-corrected chi connectivity index (χ4v) is 6.81. The minimum absolute atomic E-state index is 0.00596. The van der Waals surface area contributed by atoms with E-state index in [0.717, 1.165) is 10.5 Å². The number of carbonyl (C=O) groups excluding carboxylic acids is 6. The predicted molar refractivity (Wildman–Crippen MR) is 240 cm³/mol. The van der Waals surface area contributed by atoms with E-state index in [1.165, 1.54) is 42.9 Å². The number of carbonyl (C=O) groups is 7. The van der Waals surface area contributed by atoms with Crippen LogP contribution in [0.2, 0.25) is 0 Å². The van der Waals surface area contributed by atoms with Crippen LogP contribution in [0, 0.1) is 17.8 Å². The van der Waals surface area contributed by atoms with Crippen LogP contribution < -0.4 is 10.6 Å². The molecule has 16 heteroatoms. The summed E-state index contributed by atoms with van der Waals surface area (Å²) >= 11 is 0. The average Bonchev–Trinajstić information content (AvgIpc) is 3.23. The minimum Gasteiger partial charge on any atom is -0.480 e. The highest BCUT2D eigenvalue weighted by Gasteiger charge is 2.39. The lowest BCUT2D eigenvalue weighted by atomic mass is 9.96. The molecule has 2 rings (SSSR count). The molecule has 350 valence electrons. The van der Waals surface area contributed by atoms with Crippen LogP contribution in [0.25, 0.3) is 0 Å². The molecule has 0 spiro atoms. The van der Waals surface area contributed by atoms with Crippen LogP contribution in [0.3, 0.4) is 0 Å². The van der Waals surface area contributed by atoms with Crippen molar-refractivity contribution in [3.8, 4) is 0 Å². The summed E-state index contributed by atoms with van der Waals surface area (Å²) < 4.78 is 11.4. The van der Waals surface area contributed by atoms with Gasteiger partial charge in [-0.15, -0.1) is 0 Å². The first-order chi connectivity index (χ1) is 29.4. The summed E-state index contributed by atoms with van der Waals surface area (Å²) in [6.07, 6.45) is 0.0830. The summed E-state index contributed by atoms with van der Waals surface area (Å²) in [6.45, 7) is 15.6. The molecule has 0 unspecified atom stereocenters. The fraction of sp³-hybridized carbons (Fsp3) is 0.596. The monoisotopic (exact) mass is 881 g/mol. The number of nitrogens with one attached hydrogen (secondary N) is 2. The summed E-state index contributed by atoms with van der Waals surface area (Å²) in [5.41, 5.74) is 0.774. The first-order valence-corrected chi connectivity index (χ1v) is 21.6. The van der Waals surface area contributed by atoms with E-state index in [0.29, 0.717) is 18.4 Å². The molecule has 0 fully saturated rings. The lowest BCUT2D eigenvalue weighted by molar-refractivity contribution is -0.152. The van der Waals surface area contributed by atoms with Crippen molar-refractivity contribution >= 4 is 41.6 Å². The van der Waals surface area contributed by atoms with Gasteiger partial charge in [-0.2, -0.15) is 0 Å².